The molecule has 1 heterocycles. The highest BCUT2D eigenvalue weighted by atomic mass is 35.5. The molecule has 0 N–H and O–H groups in total. The molecule has 5 heteroatoms. The summed E-state index contributed by atoms with van der Waals surface area (Å²) in [6, 6.07) is 0. The molecule has 3 nitrogen and oxygen atoms in total. The van der Waals surface area contributed by atoms with Crippen molar-refractivity contribution < 1.29 is 12.6 Å². The first-order chi connectivity index (χ1) is 3.60. The van der Waals surface area contributed by atoms with Crippen LogP contribution in [0.5, 0.6) is 0 Å². The van der Waals surface area contributed by atoms with E-state index in [0.29, 0.717) is 0 Å². The lowest BCUT2D eigenvalue weighted by Crippen LogP contribution is -2.03. The normalized spacial score (nSPS) is 35.4. The minimum atomic E-state index is -3.23. The van der Waals surface area contributed by atoms with Gasteiger partial charge in [-0.25, -0.2) is 0 Å². The zero-order valence-electron chi connectivity index (χ0n) is 4.00. The zero-order chi connectivity index (χ0) is 6.20. The maximum absolute atomic E-state index is 10.3. The van der Waals surface area contributed by atoms with Crippen molar-refractivity contribution in [1.29, 1.82) is 0 Å². The van der Waals surface area contributed by atoms with Gasteiger partial charge in [-0.3, -0.25) is 4.18 Å². The fourth-order valence-corrected chi connectivity index (χ4v) is 2.10. The second-order valence-electron chi connectivity index (χ2n) is 1.61. The van der Waals surface area contributed by atoms with Gasteiger partial charge in [-0.05, 0) is 0 Å². The van der Waals surface area contributed by atoms with Crippen molar-refractivity contribution in [2.75, 3.05) is 12.4 Å². The second-order valence-corrected chi connectivity index (χ2v) is 3.91. The van der Waals surface area contributed by atoms with E-state index in [1.807, 2.05) is 0 Å². The van der Waals surface area contributed by atoms with E-state index in [9.17, 15) is 8.42 Å². The molecule has 0 amide bonds. The molecule has 0 radical (unpaired) electrons. The molecule has 1 fully saturated rings. The number of alkyl halides is 1. The topological polar surface area (TPSA) is 43.4 Å². The molecule has 0 bridgehead atoms. The molecule has 8 heavy (non-hydrogen) atoms. The second kappa shape index (κ2) is 1.86. The molecule has 1 atom stereocenters. The van der Waals surface area contributed by atoms with Crippen LogP contribution in [-0.2, 0) is 14.3 Å². The van der Waals surface area contributed by atoms with Crippen LogP contribution in [0.4, 0.5) is 0 Å². The maximum atomic E-state index is 10.3. The predicted octanol–water partition coefficient (Wildman–Crippen LogP) is -0.0462. The van der Waals surface area contributed by atoms with Gasteiger partial charge < -0.3 is 0 Å². The van der Waals surface area contributed by atoms with Crippen LogP contribution in [0.2, 0.25) is 0 Å². The van der Waals surface area contributed by atoms with Gasteiger partial charge in [0, 0.05) is 0 Å². The summed E-state index contributed by atoms with van der Waals surface area (Å²) >= 11 is 5.39. The first-order valence-electron chi connectivity index (χ1n) is 2.11. The van der Waals surface area contributed by atoms with E-state index >= 15 is 0 Å². The monoisotopic (exact) mass is 156 g/mol. The van der Waals surface area contributed by atoms with Gasteiger partial charge >= 0.3 is 0 Å². The first kappa shape index (κ1) is 6.32. The van der Waals surface area contributed by atoms with Crippen LogP contribution in [0, 0.1) is 0 Å². The molecule has 0 aromatic rings. The standard InChI is InChI=1S/C3H5ClO3S/c4-3-1-7-8(5,6)2-3/h3H,1-2H2. The van der Waals surface area contributed by atoms with Crippen molar-refractivity contribution in [2.24, 2.45) is 0 Å². The third-order valence-electron chi connectivity index (χ3n) is 0.813. The Morgan fingerprint density at radius 3 is 2.38 bits per heavy atom. The number of hydrogen-bond donors (Lipinski definition) is 0. The molecule has 1 rings (SSSR count). The van der Waals surface area contributed by atoms with E-state index in [1.165, 1.54) is 0 Å². The van der Waals surface area contributed by atoms with Gasteiger partial charge in [0.25, 0.3) is 10.1 Å². The summed E-state index contributed by atoms with van der Waals surface area (Å²) in [7, 11) is -3.23. The first-order valence-corrected chi connectivity index (χ1v) is 4.13. The van der Waals surface area contributed by atoms with Crippen LogP contribution in [0.3, 0.4) is 0 Å². The van der Waals surface area contributed by atoms with Gasteiger partial charge in [-0.15, -0.1) is 11.6 Å². The number of rotatable bonds is 0. The highest BCUT2D eigenvalue weighted by Crippen LogP contribution is 2.12. The Morgan fingerprint density at radius 2 is 2.25 bits per heavy atom. The van der Waals surface area contributed by atoms with Gasteiger partial charge in [0.15, 0.2) is 0 Å². The molecule has 0 spiro atoms. The molecule has 48 valence electrons. The van der Waals surface area contributed by atoms with E-state index in [-0.39, 0.29) is 17.7 Å². The van der Waals surface area contributed by atoms with Crippen molar-refractivity contribution in [3.63, 3.8) is 0 Å². The van der Waals surface area contributed by atoms with Crippen molar-refractivity contribution in [3.8, 4) is 0 Å². The molecule has 1 unspecified atom stereocenters. The van der Waals surface area contributed by atoms with Gasteiger partial charge in [0.2, 0.25) is 0 Å². The fourth-order valence-electron chi connectivity index (χ4n) is 0.495. The van der Waals surface area contributed by atoms with E-state index < -0.39 is 10.1 Å². The third-order valence-corrected chi connectivity index (χ3v) is 2.58. The Labute approximate surface area is 52.7 Å². The van der Waals surface area contributed by atoms with Crippen molar-refractivity contribution >= 4 is 21.7 Å². The zero-order valence-corrected chi connectivity index (χ0v) is 5.57. The van der Waals surface area contributed by atoms with Crippen LogP contribution in [0.15, 0.2) is 0 Å². The summed E-state index contributed by atoms with van der Waals surface area (Å²) < 4.78 is 25.0. The maximum Gasteiger partial charge on any atom is 0.268 e. The predicted molar refractivity (Wildman–Crippen MR) is 29.4 cm³/mol. The fraction of sp³-hybridized carbons (Fsp3) is 1.00. The Hall–Kier alpha value is 0.200. The van der Waals surface area contributed by atoms with Gasteiger partial charge in [0.1, 0.15) is 0 Å². The molecule has 0 saturated carbocycles. The minimum absolute atomic E-state index is 0.0471. The summed E-state index contributed by atoms with van der Waals surface area (Å²) in [6.45, 7) is 0.129. The number of hydrogen-bond acceptors (Lipinski definition) is 3. The van der Waals surface area contributed by atoms with Crippen molar-refractivity contribution in [3.05, 3.63) is 0 Å². The highest BCUT2D eigenvalue weighted by molar-refractivity contribution is 7.87. The lowest BCUT2D eigenvalue weighted by molar-refractivity contribution is 0.356. The van der Waals surface area contributed by atoms with Gasteiger partial charge in [-0.2, -0.15) is 8.42 Å². The van der Waals surface area contributed by atoms with Crippen molar-refractivity contribution in [1.82, 2.24) is 0 Å². The molecule has 0 aliphatic carbocycles. The average molecular weight is 157 g/mol. The number of halogens is 1. The van der Waals surface area contributed by atoms with Gasteiger partial charge in [0.05, 0.1) is 17.7 Å². The minimum Gasteiger partial charge on any atom is -0.268 e. The Kier molecular flexibility index (Phi) is 1.47. The Morgan fingerprint density at radius 1 is 1.62 bits per heavy atom. The lowest BCUT2D eigenvalue weighted by atomic mass is 10.5. The molecular formula is C3H5ClO3S. The average Bonchev–Trinajstić information content (AvgIpc) is 1.82. The van der Waals surface area contributed by atoms with E-state index in [4.69, 9.17) is 11.6 Å². The van der Waals surface area contributed by atoms with Gasteiger partial charge in [-0.1, -0.05) is 0 Å². The molecular weight excluding hydrogens is 152 g/mol. The largest absolute Gasteiger partial charge is 0.268 e. The van der Waals surface area contributed by atoms with Crippen LogP contribution in [0.25, 0.3) is 0 Å². The summed E-state index contributed by atoms with van der Waals surface area (Å²) in [5.41, 5.74) is 0. The molecule has 1 aliphatic heterocycles. The molecule has 0 aromatic carbocycles. The molecule has 1 saturated heterocycles. The quantitative estimate of drug-likeness (QED) is 0.365. The van der Waals surface area contributed by atoms with Crippen molar-refractivity contribution in [2.45, 2.75) is 5.38 Å². The Bertz CT molecular complexity index is 173. The molecule has 0 aromatic heterocycles. The highest BCUT2D eigenvalue weighted by Gasteiger charge is 2.26. The smallest absolute Gasteiger partial charge is 0.268 e. The summed E-state index contributed by atoms with van der Waals surface area (Å²) in [4.78, 5) is 0. The van der Waals surface area contributed by atoms with Crippen LogP contribution < -0.4 is 0 Å². The van der Waals surface area contributed by atoms with Crippen LogP contribution in [0.1, 0.15) is 0 Å². The summed E-state index contributed by atoms with van der Waals surface area (Å²) in [6.07, 6.45) is 0. The Balaban J connectivity index is 2.71. The van der Waals surface area contributed by atoms with E-state index in [0.717, 1.165) is 0 Å². The SMILES string of the molecule is O=S1(=O)CC(Cl)CO1. The third kappa shape index (κ3) is 1.34. The van der Waals surface area contributed by atoms with E-state index in [1.54, 1.807) is 0 Å². The molecule has 1 aliphatic rings. The lowest BCUT2D eigenvalue weighted by Gasteiger charge is -1.83. The van der Waals surface area contributed by atoms with Crippen LogP contribution in [-0.4, -0.2) is 26.2 Å². The van der Waals surface area contributed by atoms with E-state index in [2.05, 4.69) is 4.18 Å². The summed E-state index contributed by atoms with van der Waals surface area (Å²) in [5, 5.41) is -0.347. The van der Waals surface area contributed by atoms with Crippen LogP contribution >= 0.6 is 11.6 Å². The summed E-state index contributed by atoms with van der Waals surface area (Å²) in [5.74, 6) is -0.0471.